The Bertz CT molecular complexity index is 432. The van der Waals surface area contributed by atoms with Crippen LogP contribution < -0.4 is 5.73 Å². The Balaban J connectivity index is 1.96. The van der Waals surface area contributed by atoms with Crippen LogP contribution in [0.3, 0.4) is 0 Å². The highest BCUT2D eigenvalue weighted by Gasteiger charge is 2.46. The number of aryl methyl sites for hydroxylation is 2. The highest BCUT2D eigenvalue weighted by molar-refractivity contribution is 6.05. The van der Waals surface area contributed by atoms with Crippen molar-refractivity contribution in [1.82, 2.24) is 0 Å². The number of fused-ring (bicyclic) bond motifs is 1. The number of benzene rings is 1. The molecule has 0 aromatic heterocycles. The second kappa shape index (κ2) is 2.92. The van der Waals surface area contributed by atoms with Crippen LogP contribution in [0.5, 0.6) is 0 Å². The van der Waals surface area contributed by atoms with Crippen molar-refractivity contribution < 1.29 is 4.79 Å². The van der Waals surface area contributed by atoms with E-state index < -0.39 is 5.54 Å². The molecular weight excluding hydrogens is 186 g/mol. The smallest absolute Gasteiger partial charge is 0.182 e. The molecule has 0 heterocycles. The summed E-state index contributed by atoms with van der Waals surface area (Å²) < 4.78 is 0. The molecule has 78 valence electrons. The molecule has 2 nitrogen and oxygen atoms in total. The summed E-state index contributed by atoms with van der Waals surface area (Å²) in [6.07, 6.45) is 5.21. The van der Waals surface area contributed by atoms with Crippen LogP contribution in [0.15, 0.2) is 18.2 Å². The van der Waals surface area contributed by atoms with Gasteiger partial charge in [-0.3, -0.25) is 4.79 Å². The van der Waals surface area contributed by atoms with Crippen molar-refractivity contribution in [1.29, 1.82) is 0 Å². The number of Topliss-reactive ketones (excluding diaryl/α,β-unsaturated/α-hetero) is 1. The highest BCUT2D eigenvalue weighted by Crippen LogP contribution is 2.36. The number of ketones is 1. The molecule has 0 bridgehead atoms. The summed E-state index contributed by atoms with van der Waals surface area (Å²) in [5, 5.41) is 0. The van der Waals surface area contributed by atoms with Gasteiger partial charge in [0.05, 0.1) is 5.54 Å². The first-order valence-electron chi connectivity index (χ1n) is 5.65. The van der Waals surface area contributed by atoms with Gasteiger partial charge in [-0.2, -0.15) is 0 Å². The van der Waals surface area contributed by atoms with E-state index in [0.29, 0.717) is 0 Å². The normalized spacial score (nSPS) is 21.1. The monoisotopic (exact) mass is 201 g/mol. The number of carbonyl (C=O) groups is 1. The summed E-state index contributed by atoms with van der Waals surface area (Å²) in [5.41, 5.74) is 8.97. The van der Waals surface area contributed by atoms with Crippen LogP contribution >= 0.6 is 0 Å². The molecule has 0 unspecified atom stereocenters. The molecule has 3 rings (SSSR count). The van der Waals surface area contributed by atoms with E-state index in [-0.39, 0.29) is 5.78 Å². The van der Waals surface area contributed by atoms with Crippen molar-refractivity contribution in [2.45, 2.75) is 37.6 Å². The molecule has 1 aromatic rings. The molecule has 2 aliphatic carbocycles. The lowest BCUT2D eigenvalue weighted by molar-refractivity contribution is 0.0949. The van der Waals surface area contributed by atoms with Gasteiger partial charge in [0.1, 0.15) is 0 Å². The summed E-state index contributed by atoms with van der Waals surface area (Å²) in [5.74, 6) is 0.136. The summed E-state index contributed by atoms with van der Waals surface area (Å²) in [6.45, 7) is 0. The van der Waals surface area contributed by atoms with Gasteiger partial charge in [-0.05, 0) is 49.3 Å². The topological polar surface area (TPSA) is 43.1 Å². The first kappa shape index (κ1) is 9.10. The Labute approximate surface area is 89.5 Å². The van der Waals surface area contributed by atoms with Crippen molar-refractivity contribution in [2.24, 2.45) is 5.73 Å². The Morgan fingerprint density at radius 2 is 1.93 bits per heavy atom. The van der Waals surface area contributed by atoms with E-state index in [1.165, 1.54) is 17.5 Å². The zero-order valence-electron chi connectivity index (χ0n) is 8.75. The van der Waals surface area contributed by atoms with E-state index in [1.807, 2.05) is 6.07 Å². The molecule has 2 N–H and O–H groups in total. The Kier molecular flexibility index (Phi) is 1.77. The van der Waals surface area contributed by atoms with Gasteiger partial charge in [0.2, 0.25) is 0 Å². The van der Waals surface area contributed by atoms with Gasteiger partial charge >= 0.3 is 0 Å². The van der Waals surface area contributed by atoms with Crippen LogP contribution in [-0.2, 0) is 12.8 Å². The molecule has 1 aromatic carbocycles. The lowest BCUT2D eigenvalue weighted by Gasteiger charge is -2.08. The van der Waals surface area contributed by atoms with E-state index >= 15 is 0 Å². The number of hydrogen-bond acceptors (Lipinski definition) is 2. The lowest BCUT2D eigenvalue weighted by atomic mass is 9.99. The van der Waals surface area contributed by atoms with Crippen LogP contribution in [0.4, 0.5) is 0 Å². The molecule has 0 radical (unpaired) electrons. The third kappa shape index (κ3) is 1.40. The summed E-state index contributed by atoms with van der Waals surface area (Å²) in [6, 6.07) is 6.10. The average Bonchev–Trinajstić information content (AvgIpc) is 2.82. The van der Waals surface area contributed by atoms with Gasteiger partial charge in [-0.15, -0.1) is 0 Å². The summed E-state index contributed by atoms with van der Waals surface area (Å²) >= 11 is 0. The van der Waals surface area contributed by atoms with Gasteiger partial charge in [-0.25, -0.2) is 0 Å². The number of nitrogens with two attached hydrogens (primary N) is 1. The van der Waals surface area contributed by atoms with Gasteiger partial charge in [0.25, 0.3) is 0 Å². The molecule has 0 spiro atoms. The van der Waals surface area contributed by atoms with Crippen LogP contribution in [0, 0.1) is 0 Å². The maximum Gasteiger partial charge on any atom is 0.182 e. The number of rotatable bonds is 2. The maximum absolute atomic E-state index is 12.0. The predicted molar refractivity (Wildman–Crippen MR) is 58.9 cm³/mol. The molecular formula is C13H15NO. The molecule has 1 saturated carbocycles. The minimum absolute atomic E-state index is 0.136. The van der Waals surface area contributed by atoms with Crippen molar-refractivity contribution in [3.63, 3.8) is 0 Å². The molecule has 1 fully saturated rings. The van der Waals surface area contributed by atoms with Crippen LogP contribution in [0.1, 0.15) is 40.7 Å². The third-order valence-electron chi connectivity index (χ3n) is 3.60. The van der Waals surface area contributed by atoms with E-state index in [9.17, 15) is 4.79 Å². The first-order valence-corrected chi connectivity index (χ1v) is 5.65. The summed E-state index contributed by atoms with van der Waals surface area (Å²) in [4.78, 5) is 12.0. The van der Waals surface area contributed by atoms with E-state index in [0.717, 1.165) is 31.2 Å². The fraction of sp³-hybridized carbons (Fsp3) is 0.462. The first-order chi connectivity index (χ1) is 7.19. The van der Waals surface area contributed by atoms with Crippen LogP contribution in [-0.4, -0.2) is 11.3 Å². The quantitative estimate of drug-likeness (QED) is 0.742. The fourth-order valence-electron chi connectivity index (χ4n) is 2.36. The molecule has 2 heteroatoms. The predicted octanol–water partition coefficient (Wildman–Crippen LogP) is 1.85. The van der Waals surface area contributed by atoms with Crippen molar-refractivity contribution in [3.8, 4) is 0 Å². The SMILES string of the molecule is NC1(C(=O)c2ccc3c(c2)CCC3)CC1. The van der Waals surface area contributed by atoms with Crippen molar-refractivity contribution in [2.75, 3.05) is 0 Å². The van der Waals surface area contributed by atoms with Gasteiger partial charge in [-0.1, -0.05) is 12.1 Å². The molecule has 0 saturated heterocycles. The lowest BCUT2D eigenvalue weighted by Crippen LogP contribution is -2.32. The number of carbonyl (C=O) groups excluding carboxylic acids is 1. The fourth-order valence-corrected chi connectivity index (χ4v) is 2.36. The Hall–Kier alpha value is -1.15. The van der Waals surface area contributed by atoms with Gasteiger partial charge in [0, 0.05) is 5.56 Å². The Morgan fingerprint density at radius 1 is 1.20 bits per heavy atom. The Morgan fingerprint density at radius 3 is 2.67 bits per heavy atom. The molecule has 2 aliphatic rings. The molecule has 0 aliphatic heterocycles. The molecule has 0 amide bonds. The van der Waals surface area contributed by atoms with Crippen molar-refractivity contribution >= 4 is 5.78 Å². The minimum Gasteiger partial charge on any atom is -0.319 e. The second-order valence-corrected chi connectivity index (χ2v) is 4.82. The van der Waals surface area contributed by atoms with E-state index in [4.69, 9.17) is 5.73 Å². The van der Waals surface area contributed by atoms with Gasteiger partial charge < -0.3 is 5.73 Å². The zero-order valence-corrected chi connectivity index (χ0v) is 8.75. The van der Waals surface area contributed by atoms with E-state index in [1.54, 1.807) is 0 Å². The third-order valence-corrected chi connectivity index (χ3v) is 3.60. The largest absolute Gasteiger partial charge is 0.319 e. The second-order valence-electron chi connectivity index (χ2n) is 4.82. The number of hydrogen-bond donors (Lipinski definition) is 1. The highest BCUT2D eigenvalue weighted by atomic mass is 16.1. The zero-order chi connectivity index (χ0) is 10.5. The van der Waals surface area contributed by atoms with E-state index in [2.05, 4.69) is 12.1 Å². The van der Waals surface area contributed by atoms with Crippen LogP contribution in [0.2, 0.25) is 0 Å². The summed E-state index contributed by atoms with van der Waals surface area (Å²) in [7, 11) is 0. The minimum atomic E-state index is -0.521. The average molecular weight is 201 g/mol. The van der Waals surface area contributed by atoms with Crippen molar-refractivity contribution in [3.05, 3.63) is 34.9 Å². The maximum atomic E-state index is 12.0. The standard InChI is InChI=1S/C13H15NO/c14-13(6-7-13)12(15)11-5-4-9-2-1-3-10(9)8-11/h4-5,8H,1-3,6-7,14H2. The molecule has 15 heavy (non-hydrogen) atoms. The molecule has 0 atom stereocenters. The van der Waals surface area contributed by atoms with Crippen LogP contribution in [0.25, 0.3) is 0 Å². The van der Waals surface area contributed by atoms with Gasteiger partial charge in [0.15, 0.2) is 5.78 Å².